The van der Waals surface area contributed by atoms with E-state index in [-0.39, 0.29) is 0 Å². The van der Waals surface area contributed by atoms with Crippen molar-refractivity contribution < 1.29 is 4.74 Å². The number of nitrogens with zero attached hydrogens (tertiary/aromatic N) is 3. The van der Waals surface area contributed by atoms with E-state index >= 15 is 0 Å². The molecule has 1 saturated heterocycles. The second-order valence-corrected chi connectivity index (χ2v) is 7.76. The topological polar surface area (TPSA) is 55.7 Å². The number of nitrogens with one attached hydrogen (secondary N) is 1. The van der Waals surface area contributed by atoms with Crippen LogP contribution in [0.15, 0.2) is 42.9 Å². The Bertz CT molecular complexity index is 886. The summed E-state index contributed by atoms with van der Waals surface area (Å²) in [6.07, 6.45) is 11.5. The Morgan fingerprint density at radius 3 is 2.67 bits per heavy atom. The van der Waals surface area contributed by atoms with Gasteiger partial charge in [0.1, 0.15) is 0 Å². The Morgan fingerprint density at radius 2 is 1.89 bits per heavy atom. The first kappa shape index (κ1) is 16.8. The van der Waals surface area contributed by atoms with Gasteiger partial charge in [-0.05, 0) is 19.3 Å². The van der Waals surface area contributed by atoms with E-state index < -0.39 is 0 Å². The van der Waals surface area contributed by atoms with Gasteiger partial charge in [-0.15, -0.1) is 0 Å². The van der Waals surface area contributed by atoms with Gasteiger partial charge in [0.2, 0.25) is 0 Å². The lowest BCUT2D eigenvalue weighted by atomic mass is 9.85. The van der Waals surface area contributed by atoms with E-state index in [1.807, 2.05) is 12.5 Å². The third-order valence-corrected chi connectivity index (χ3v) is 6.08. The summed E-state index contributed by atoms with van der Waals surface area (Å²) in [4.78, 5) is 4.84. The fraction of sp³-hybridized carbons (Fsp3) is 0.455. The van der Waals surface area contributed by atoms with E-state index in [0.29, 0.717) is 12.0 Å². The minimum Gasteiger partial charge on any atom is -0.379 e. The first-order valence-electron chi connectivity index (χ1n) is 10.2. The van der Waals surface area contributed by atoms with Crippen molar-refractivity contribution in [2.24, 2.45) is 0 Å². The number of hydrogen-bond donors (Lipinski definition) is 1. The molecule has 2 aromatic heterocycles. The van der Waals surface area contributed by atoms with Crippen LogP contribution in [0.3, 0.4) is 0 Å². The third-order valence-electron chi connectivity index (χ3n) is 6.08. The number of hydrogen-bond acceptors (Lipinski definition) is 3. The van der Waals surface area contributed by atoms with E-state index in [1.165, 1.54) is 49.1 Å². The molecule has 2 aliphatic rings. The molecule has 140 valence electrons. The molecule has 5 nitrogen and oxygen atoms in total. The van der Waals surface area contributed by atoms with Crippen molar-refractivity contribution in [3.63, 3.8) is 0 Å². The van der Waals surface area contributed by atoms with Crippen LogP contribution in [-0.4, -0.2) is 33.0 Å². The Hall–Kier alpha value is -2.40. The predicted molar refractivity (Wildman–Crippen MR) is 106 cm³/mol. The summed E-state index contributed by atoms with van der Waals surface area (Å²) in [6.45, 7) is 1.58. The first-order valence-corrected chi connectivity index (χ1v) is 10.2. The standard InChI is InChI=1S/C22H26N4O/c1-3-7-16(8-4-1)20-19(13-24-25-20)22-21(17-9-5-2-6-10-17)23-15-26(22)18-11-12-27-14-18/h2,5-6,9-10,13,15-16,18H,1,3-4,7-8,11-12,14H2,(H,24,25). The molecule has 2 fully saturated rings. The Labute approximate surface area is 159 Å². The molecule has 0 radical (unpaired) electrons. The number of aromatic amines is 1. The summed E-state index contributed by atoms with van der Waals surface area (Å²) < 4.78 is 8.00. The Balaban J connectivity index is 1.64. The molecule has 27 heavy (non-hydrogen) atoms. The normalized spacial score (nSPS) is 21.0. The summed E-state index contributed by atoms with van der Waals surface area (Å²) in [5, 5.41) is 7.80. The summed E-state index contributed by atoms with van der Waals surface area (Å²) >= 11 is 0. The molecule has 0 amide bonds. The van der Waals surface area contributed by atoms with E-state index in [9.17, 15) is 0 Å². The number of rotatable bonds is 4. The maximum atomic E-state index is 5.67. The molecule has 3 heterocycles. The molecule has 5 rings (SSSR count). The Morgan fingerprint density at radius 1 is 1.04 bits per heavy atom. The number of ether oxygens (including phenoxy) is 1. The van der Waals surface area contributed by atoms with Gasteiger partial charge in [0.05, 0.1) is 36.6 Å². The van der Waals surface area contributed by atoms with Gasteiger partial charge in [0, 0.05) is 29.3 Å². The van der Waals surface area contributed by atoms with E-state index in [1.54, 1.807) is 0 Å². The third kappa shape index (κ3) is 3.10. The van der Waals surface area contributed by atoms with Crippen LogP contribution in [-0.2, 0) is 4.74 Å². The van der Waals surface area contributed by atoms with Crippen molar-refractivity contribution in [3.05, 3.63) is 48.5 Å². The van der Waals surface area contributed by atoms with Gasteiger partial charge >= 0.3 is 0 Å². The molecule has 0 spiro atoms. The average molecular weight is 362 g/mol. The average Bonchev–Trinajstić information content (AvgIpc) is 3.48. The SMILES string of the molecule is c1ccc(-c2ncn(C3CCOC3)c2-c2cn[nH]c2C2CCCCC2)cc1. The largest absolute Gasteiger partial charge is 0.379 e. The lowest BCUT2D eigenvalue weighted by Crippen LogP contribution is -2.11. The highest BCUT2D eigenvalue weighted by Crippen LogP contribution is 2.41. The smallest absolute Gasteiger partial charge is 0.0964 e. The predicted octanol–water partition coefficient (Wildman–Crippen LogP) is 4.95. The van der Waals surface area contributed by atoms with Gasteiger partial charge in [-0.25, -0.2) is 4.98 Å². The number of aromatic nitrogens is 4. The van der Waals surface area contributed by atoms with Crippen molar-refractivity contribution in [3.8, 4) is 22.5 Å². The fourth-order valence-electron chi connectivity index (χ4n) is 4.64. The lowest BCUT2D eigenvalue weighted by Gasteiger charge is -2.22. The summed E-state index contributed by atoms with van der Waals surface area (Å²) in [6, 6.07) is 10.8. The second kappa shape index (κ2) is 7.31. The minimum atomic E-state index is 0.346. The zero-order valence-corrected chi connectivity index (χ0v) is 15.6. The molecule has 1 unspecified atom stereocenters. The molecular formula is C22H26N4O. The van der Waals surface area contributed by atoms with Crippen LogP contribution in [0.2, 0.25) is 0 Å². The summed E-state index contributed by atoms with van der Waals surface area (Å²) in [5.74, 6) is 0.572. The van der Waals surface area contributed by atoms with Crippen LogP contribution in [0.25, 0.3) is 22.5 Å². The van der Waals surface area contributed by atoms with Crippen molar-refractivity contribution >= 4 is 0 Å². The zero-order valence-electron chi connectivity index (χ0n) is 15.6. The van der Waals surface area contributed by atoms with Crippen LogP contribution in [0.4, 0.5) is 0 Å². The van der Waals surface area contributed by atoms with Crippen molar-refractivity contribution in [1.82, 2.24) is 19.7 Å². The van der Waals surface area contributed by atoms with Crippen LogP contribution in [0, 0.1) is 0 Å². The van der Waals surface area contributed by atoms with E-state index in [4.69, 9.17) is 9.72 Å². The minimum absolute atomic E-state index is 0.346. The van der Waals surface area contributed by atoms with E-state index in [0.717, 1.165) is 30.9 Å². The molecule has 3 aromatic rings. The van der Waals surface area contributed by atoms with Gasteiger partial charge in [-0.2, -0.15) is 5.10 Å². The summed E-state index contributed by atoms with van der Waals surface area (Å²) in [5.41, 5.74) is 5.88. The highest BCUT2D eigenvalue weighted by Gasteiger charge is 2.28. The van der Waals surface area contributed by atoms with Crippen LogP contribution >= 0.6 is 0 Å². The van der Waals surface area contributed by atoms with Crippen LogP contribution in [0.1, 0.15) is 56.2 Å². The van der Waals surface area contributed by atoms with Crippen molar-refractivity contribution in [1.29, 1.82) is 0 Å². The quantitative estimate of drug-likeness (QED) is 0.714. The number of imidazole rings is 1. The highest BCUT2D eigenvalue weighted by molar-refractivity contribution is 5.79. The molecule has 1 atom stereocenters. The summed E-state index contributed by atoms with van der Waals surface area (Å²) in [7, 11) is 0. The maximum Gasteiger partial charge on any atom is 0.0964 e. The molecular weight excluding hydrogens is 336 g/mol. The van der Waals surface area contributed by atoms with Gasteiger partial charge in [-0.1, -0.05) is 49.6 Å². The lowest BCUT2D eigenvalue weighted by molar-refractivity contribution is 0.187. The number of H-pyrrole nitrogens is 1. The number of benzene rings is 1. The second-order valence-electron chi connectivity index (χ2n) is 7.76. The van der Waals surface area contributed by atoms with E-state index in [2.05, 4.69) is 45.1 Å². The maximum absolute atomic E-state index is 5.67. The van der Waals surface area contributed by atoms with Gasteiger partial charge in [0.25, 0.3) is 0 Å². The fourth-order valence-corrected chi connectivity index (χ4v) is 4.64. The molecule has 1 saturated carbocycles. The van der Waals surface area contributed by atoms with Crippen LogP contribution in [0.5, 0.6) is 0 Å². The Kier molecular flexibility index (Phi) is 4.54. The molecule has 1 aliphatic heterocycles. The molecule has 1 N–H and O–H groups in total. The van der Waals surface area contributed by atoms with Crippen molar-refractivity contribution in [2.75, 3.05) is 13.2 Å². The van der Waals surface area contributed by atoms with Crippen molar-refractivity contribution in [2.45, 2.75) is 50.5 Å². The van der Waals surface area contributed by atoms with Gasteiger partial charge in [0.15, 0.2) is 0 Å². The van der Waals surface area contributed by atoms with Gasteiger partial charge in [-0.3, -0.25) is 5.10 Å². The zero-order chi connectivity index (χ0) is 18.1. The monoisotopic (exact) mass is 362 g/mol. The molecule has 0 bridgehead atoms. The highest BCUT2D eigenvalue weighted by atomic mass is 16.5. The molecule has 1 aromatic carbocycles. The molecule has 5 heteroatoms. The molecule has 1 aliphatic carbocycles. The first-order chi connectivity index (χ1) is 13.4. The van der Waals surface area contributed by atoms with Gasteiger partial charge < -0.3 is 9.30 Å². The van der Waals surface area contributed by atoms with Crippen LogP contribution < -0.4 is 0 Å².